The summed E-state index contributed by atoms with van der Waals surface area (Å²) in [6, 6.07) is 5.47. The fraction of sp³-hybridized carbons (Fsp3) is 0.364. The number of carboxylic acids is 1. The van der Waals surface area contributed by atoms with E-state index in [4.69, 9.17) is 9.84 Å². The molecule has 0 radical (unpaired) electrons. The van der Waals surface area contributed by atoms with Crippen LogP contribution in [0.2, 0.25) is 0 Å². The fourth-order valence-corrected chi connectivity index (χ4v) is 1.29. The van der Waals surface area contributed by atoms with Crippen LogP contribution in [0.3, 0.4) is 0 Å². The lowest BCUT2D eigenvalue weighted by molar-refractivity contribution is -0.385. The highest BCUT2D eigenvalue weighted by atomic mass is 16.6. The number of nitrogens with zero attached hydrogens (tertiary/aromatic N) is 1. The molecular formula is C11H13NO5. The molecule has 17 heavy (non-hydrogen) atoms. The van der Waals surface area contributed by atoms with Crippen molar-refractivity contribution in [2.75, 3.05) is 0 Å². The van der Waals surface area contributed by atoms with Crippen molar-refractivity contribution in [3.05, 3.63) is 34.4 Å². The molecule has 0 saturated heterocycles. The molecule has 0 fully saturated rings. The van der Waals surface area contributed by atoms with Crippen molar-refractivity contribution in [2.24, 2.45) is 5.92 Å². The standard InChI is InChI=1S/C11H13NO5/c1-7(2)10(11(13)14)17-9-5-3-4-8(6-9)12(15)16/h3-7,10H,1-2H3,(H,13,14). The maximum atomic E-state index is 10.9. The second-order valence-electron chi connectivity index (χ2n) is 3.88. The number of carboxylic acid groups (broad SMARTS) is 1. The molecule has 0 aliphatic rings. The van der Waals surface area contributed by atoms with E-state index >= 15 is 0 Å². The molecule has 1 N–H and O–H groups in total. The smallest absolute Gasteiger partial charge is 0.345 e. The number of aliphatic carboxylic acids is 1. The van der Waals surface area contributed by atoms with Crippen molar-refractivity contribution in [3.8, 4) is 5.75 Å². The van der Waals surface area contributed by atoms with Crippen LogP contribution in [-0.2, 0) is 4.79 Å². The van der Waals surface area contributed by atoms with Gasteiger partial charge in [0.15, 0.2) is 6.10 Å². The Hall–Kier alpha value is -2.11. The molecule has 1 rings (SSSR count). The van der Waals surface area contributed by atoms with E-state index in [1.807, 2.05) is 0 Å². The van der Waals surface area contributed by atoms with Crippen LogP contribution < -0.4 is 4.74 Å². The van der Waals surface area contributed by atoms with Crippen molar-refractivity contribution in [2.45, 2.75) is 20.0 Å². The van der Waals surface area contributed by atoms with E-state index in [0.717, 1.165) is 0 Å². The molecule has 6 heteroatoms. The summed E-state index contributed by atoms with van der Waals surface area (Å²) in [5, 5.41) is 19.5. The van der Waals surface area contributed by atoms with E-state index in [-0.39, 0.29) is 17.4 Å². The van der Waals surface area contributed by atoms with Crippen LogP contribution in [0.1, 0.15) is 13.8 Å². The number of benzene rings is 1. The average molecular weight is 239 g/mol. The van der Waals surface area contributed by atoms with Crippen molar-refractivity contribution in [1.82, 2.24) is 0 Å². The van der Waals surface area contributed by atoms with Crippen molar-refractivity contribution < 1.29 is 19.6 Å². The molecule has 0 spiro atoms. The van der Waals surface area contributed by atoms with Crippen LogP contribution >= 0.6 is 0 Å². The van der Waals surface area contributed by atoms with E-state index in [9.17, 15) is 14.9 Å². The lowest BCUT2D eigenvalue weighted by Gasteiger charge is -2.17. The minimum Gasteiger partial charge on any atom is -0.478 e. The molecule has 1 aromatic rings. The predicted molar refractivity (Wildman–Crippen MR) is 60.0 cm³/mol. The Morgan fingerprint density at radius 1 is 1.47 bits per heavy atom. The minimum absolute atomic E-state index is 0.129. The van der Waals surface area contributed by atoms with Crippen LogP contribution in [0.15, 0.2) is 24.3 Å². The van der Waals surface area contributed by atoms with Crippen molar-refractivity contribution in [1.29, 1.82) is 0 Å². The van der Waals surface area contributed by atoms with E-state index in [0.29, 0.717) is 0 Å². The van der Waals surface area contributed by atoms with Crippen LogP contribution in [-0.4, -0.2) is 22.1 Å². The van der Waals surface area contributed by atoms with Crippen molar-refractivity contribution in [3.63, 3.8) is 0 Å². The molecule has 1 aromatic carbocycles. The Morgan fingerprint density at radius 2 is 2.12 bits per heavy atom. The van der Waals surface area contributed by atoms with Crippen LogP contribution in [0.5, 0.6) is 5.75 Å². The fourth-order valence-electron chi connectivity index (χ4n) is 1.29. The van der Waals surface area contributed by atoms with Gasteiger partial charge < -0.3 is 9.84 Å². The monoisotopic (exact) mass is 239 g/mol. The second kappa shape index (κ2) is 5.29. The first-order chi connectivity index (χ1) is 7.91. The molecule has 0 bridgehead atoms. The molecule has 6 nitrogen and oxygen atoms in total. The van der Waals surface area contributed by atoms with Gasteiger partial charge in [0.2, 0.25) is 0 Å². The summed E-state index contributed by atoms with van der Waals surface area (Å²) < 4.78 is 5.22. The van der Waals surface area contributed by atoms with Gasteiger partial charge in [-0.05, 0) is 6.07 Å². The van der Waals surface area contributed by atoms with E-state index in [2.05, 4.69) is 0 Å². The number of non-ortho nitro benzene ring substituents is 1. The highest BCUT2D eigenvalue weighted by Gasteiger charge is 2.23. The molecule has 0 saturated carbocycles. The van der Waals surface area contributed by atoms with E-state index in [1.165, 1.54) is 24.3 Å². The first kappa shape index (κ1) is 13.0. The third kappa shape index (κ3) is 3.44. The summed E-state index contributed by atoms with van der Waals surface area (Å²) in [5.41, 5.74) is -0.129. The summed E-state index contributed by atoms with van der Waals surface area (Å²) >= 11 is 0. The molecule has 92 valence electrons. The van der Waals surface area contributed by atoms with Gasteiger partial charge in [-0.15, -0.1) is 0 Å². The number of hydrogen-bond acceptors (Lipinski definition) is 4. The number of nitro groups is 1. The van der Waals surface area contributed by atoms with Crippen LogP contribution in [0.25, 0.3) is 0 Å². The number of carbonyl (C=O) groups is 1. The lowest BCUT2D eigenvalue weighted by atomic mass is 10.1. The summed E-state index contributed by atoms with van der Waals surface area (Å²) in [6.07, 6.45) is -1.02. The van der Waals surface area contributed by atoms with Gasteiger partial charge in [0, 0.05) is 12.0 Å². The summed E-state index contributed by atoms with van der Waals surface area (Å²) in [6.45, 7) is 3.41. The van der Waals surface area contributed by atoms with Gasteiger partial charge in [-0.1, -0.05) is 19.9 Å². The maximum absolute atomic E-state index is 10.9. The normalized spacial score (nSPS) is 12.2. The zero-order valence-electron chi connectivity index (χ0n) is 9.49. The lowest BCUT2D eigenvalue weighted by Crippen LogP contribution is -2.32. The Bertz CT molecular complexity index is 430. The molecular weight excluding hydrogens is 226 g/mol. The van der Waals surface area contributed by atoms with Gasteiger partial charge in [0.1, 0.15) is 5.75 Å². The zero-order valence-corrected chi connectivity index (χ0v) is 9.49. The molecule has 0 amide bonds. The summed E-state index contributed by atoms with van der Waals surface area (Å²) in [4.78, 5) is 20.9. The van der Waals surface area contributed by atoms with Crippen LogP contribution in [0, 0.1) is 16.0 Å². The third-order valence-electron chi connectivity index (χ3n) is 2.14. The van der Waals surface area contributed by atoms with Crippen molar-refractivity contribution >= 4 is 11.7 Å². The SMILES string of the molecule is CC(C)C(Oc1cccc([N+](=O)[O-])c1)C(=O)O. The molecule has 0 heterocycles. The average Bonchev–Trinajstić information content (AvgIpc) is 2.25. The largest absolute Gasteiger partial charge is 0.478 e. The Kier molecular flexibility index (Phi) is 4.03. The highest BCUT2D eigenvalue weighted by Crippen LogP contribution is 2.21. The maximum Gasteiger partial charge on any atom is 0.345 e. The van der Waals surface area contributed by atoms with E-state index in [1.54, 1.807) is 13.8 Å². The Labute approximate surface area is 98.0 Å². The van der Waals surface area contributed by atoms with Gasteiger partial charge >= 0.3 is 5.97 Å². The topological polar surface area (TPSA) is 89.7 Å². The number of ether oxygens (including phenoxy) is 1. The molecule has 0 aliphatic heterocycles. The predicted octanol–water partition coefficient (Wildman–Crippen LogP) is 2.08. The van der Waals surface area contributed by atoms with Gasteiger partial charge in [-0.2, -0.15) is 0 Å². The summed E-state index contributed by atoms with van der Waals surface area (Å²) in [5.74, 6) is -1.14. The van der Waals surface area contributed by atoms with Gasteiger partial charge in [0.05, 0.1) is 11.0 Å². The van der Waals surface area contributed by atoms with Crippen LogP contribution in [0.4, 0.5) is 5.69 Å². The van der Waals surface area contributed by atoms with Gasteiger partial charge in [0.25, 0.3) is 5.69 Å². The Balaban J connectivity index is 2.90. The number of nitro benzene ring substituents is 1. The summed E-state index contributed by atoms with van der Waals surface area (Å²) in [7, 11) is 0. The van der Waals surface area contributed by atoms with Gasteiger partial charge in [-0.25, -0.2) is 4.79 Å². The highest BCUT2D eigenvalue weighted by molar-refractivity contribution is 5.73. The second-order valence-corrected chi connectivity index (χ2v) is 3.88. The Morgan fingerprint density at radius 3 is 2.59 bits per heavy atom. The number of hydrogen-bond donors (Lipinski definition) is 1. The molecule has 0 aromatic heterocycles. The molecule has 0 aliphatic carbocycles. The van der Waals surface area contributed by atoms with E-state index < -0.39 is 17.0 Å². The third-order valence-corrected chi connectivity index (χ3v) is 2.14. The van der Waals surface area contributed by atoms with Gasteiger partial charge in [-0.3, -0.25) is 10.1 Å². The minimum atomic E-state index is -1.09. The first-order valence-corrected chi connectivity index (χ1v) is 5.05. The first-order valence-electron chi connectivity index (χ1n) is 5.05. The zero-order chi connectivity index (χ0) is 13.0. The molecule has 1 atom stereocenters. The molecule has 1 unspecified atom stereocenters. The number of rotatable bonds is 5. The quantitative estimate of drug-likeness (QED) is 0.627.